The molecule has 1 aromatic carbocycles. The van der Waals surface area contributed by atoms with Gasteiger partial charge in [0.2, 0.25) is 0 Å². The fraction of sp³-hybridized carbons (Fsp3) is 0.667. The highest BCUT2D eigenvalue weighted by Gasteiger charge is 2.14. The van der Waals surface area contributed by atoms with Crippen molar-refractivity contribution in [3.63, 3.8) is 0 Å². The first-order valence-corrected chi connectivity index (χ1v) is 10.4. The summed E-state index contributed by atoms with van der Waals surface area (Å²) in [5.41, 5.74) is 1.00. The molecule has 1 aliphatic rings. The van der Waals surface area contributed by atoms with E-state index in [2.05, 4.69) is 31.8 Å². The van der Waals surface area contributed by atoms with Gasteiger partial charge in [0.25, 0.3) is 0 Å². The summed E-state index contributed by atoms with van der Waals surface area (Å²) < 4.78 is 28.9. The molecule has 9 heteroatoms. The van der Waals surface area contributed by atoms with Crippen LogP contribution in [0.5, 0.6) is 5.75 Å². The number of nitrogens with zero attached hydrogens (tertiary/aromatic N) is 4. The minimum atomic E-state index is -2.80. The maximum Gasteiger partial charge on any atom is 0.387 e. The Labute approximate surface area is 196 Å². The molecule has 0 saturated carbocycles. The van der Waals surface area contributed by atoms with Gasteiger partial charge in [-0.05, 0) is 43.6 Å². The average molecular weight is 539 g/mol. The lowest BCUT2D eigenvalue weighted by Gasteiger charge is -2.34. The Balaban J connectivity index is 0.00000450. The maximum atomic E-state index is 12.2. The molecule has 0 unspecified atom stereocenters. The number of hydrogen-bond donors (Lipinski definition) is 1. The number of guanidine groups is 1. The molecule has 172 valence electrons. The van der Waals surface area contributed by atoms with Gasteiger partial charge in [-0.2, -0.15) is 8.78 Å². The number of likely N-dealkylation sites (N-methyl/N-ethyl adjacent to an activating group) is 1. The Bertz CT molecular complexity index is 610. The van der Waals surface area contributed by atoms with Crippen LogP contribution < -0.4 is 10.1 Å². The van der Waals surface area contributed by atoms with Crippen molar-refractivity contribution in [1.82, 2.24) is 20.0 Å². The molecule has 0 aliphatic carbocycles. The van der Waals surface area contributed by atoms with Gasteiger partial charge in [0, 0.05) is 53.4 Å². The molecule has 1 fully saturated rings. The average Bonchev–Trinajstić information content (AvgIpc) is 2.72. The van der Waals surface area contributed by atoms with E-state index in [4.69, 9.17) is 0 Å². The number of aliphatic imine (C=N–C) groups is 1. The number of ether oxygens (including phenoxy) is 1. The van der Waals surface area contributed by atoms with Gasteiger partial charge in [0.1, 0.15) is 5.75 Å². The summed E-state index contributed by atoms with van der Waals surface area (Å²) in [6.45, 7) is 7.96. The van der Waals surface area contributed by atoms with E-state index < -0.39 is 6.61 Å². The fourth-order valence-electron chi connectivity index (χ4n) is 3.50. The lowest BCUT2D eigenvalue weighted by Crippen LogP contribution is -2.46. The smallest absolute Gasteiger partial charge is 0.387 e. The zero-order valence-corrected chi connectivity index (χ0v) is 20.6. The van der Waals surface area contributed by atoms with Crippen molar-refractivity contribution < 1.29 is 13.5 Å². The van der Waals surface area contributed by atoms with Crippen LogP contribution in [0.2, 0.25) is 0 Å². The van der Waals surface area contributed by atoms with Gasteiger partial charge in [0.05, 0.1) is 0 Å². The molecule has 1 aromatic rings. The van der Waals surface area contributed by atoms with Gasteiger partial charge in [-0.3, -0.25) is 4.99 Å². The lowest BCUT2D eigenvalue weighted by molar-refractivity contribution is -0.0498. The van der Waals surface area contributed by atoms with E-state index >= 15 is 0 Å². The summed E-state index contributed by atoms with van der Waals surface area (Å²) in [7, 11) is 3.73. The highest BCUT2D eigenvalue weighted by molar-refractivity contribution is 14.0. The topological polar surface area (TPSA) is 43.3 Å². The van der Waals surface area contributed by atoms with Crippen LogP contribution >= 0.6 is 24.0 Å². The van der Waals surface area contributed by atoms with Crippen molar-refractivity contribution in [2.24, 2.45) is 4.99 Å². The van der Waals surface area contributed by atoms with Crippen LogP contribution in [0.1, 0.15) is 25.3 Å². The molecule has 2 rings (SSSR count). The number of unbranched alkanes of at least 4 members (excludes halogenated alkanes) is 1. The largest absolute Gasteiger partial charge is 0.435 e. The second kappa shape index (κ2) is 14.7. The van der Waals surface area contributed by atoms with Crippen LogP contribution in [0.4, 0.5) is 8.78 Å². The van der Waals surface area contributed by atoms with Gasteiger partial charge in [-0.15, -0.1) is 24.0 Å². The van der Waals surface area contributed by atoms with E-state index in [1.165, 1.54) is 32.6 Å². The molecular formula is C21H36F2IN5O. The second-order valence-corrected chi connectivity index (χ2v) is 7.34. The van der Waals surface area contributed by atoms with Crippen LogP contribution in [0.15, 0.2) is 29.3 Å². The number of hydrogen-bond acceptors (Lipinski definition) is 4. The third kappa shape index (κ3) is 9.74. The van der Waals surface area contributed by atoms with E-state index in [0.29, 0.717) is 6.54 Å². The van der Waals surface area contributed by atoms with Crippen LogP contribution in [-0.2, 0) is 6.54 Å². The zero-order valence-electron chi connectivity index (χ0n) is 18.3. The van der Waals surface area contributed by atoms with Gasteiger partial charge in [-0.25, -0.2) is 0 Å². The Kier molecular flexibility index (Phi) is 13.2. The molecule has 0 amide bonds. The summed E-state index contributed by atoms with van der Waals surface area (Å²) in [6, 6.07) is 6.71. The Morgan fingerprint density at radius 3 is 2.33 bits per heavy atom. The number of piperazine rings is 1. The maximum absolute atomic E-state index is 12.2. The third-order valence-corrected chi connectivity index (χ3v) is 5.24. The number of benzene rings is 1. The lowest BCUT2D eigenvalue weighted by atomic mass is 10.2. The van der Waals surface area contributed by atoms with Crippen molar-refractivity contribution in [2.75, 3.05) is 59.9 Å². The van der Waals surface area contributed by atoms with Crippen molar-refractivity contribution in [3.8, 4) is 5.75 Å². The highest BCUT2D eigenvalue weighted by atomic mass is 127. The van der Waals surface area contributed by atoms with Gasteiger partial charge in [0.15, 0.2) is 5.96 Å². The molecule has 0 bridgehead atoms. The monoisotopic (exact) mass is 539 g/mol. The molecule has 1 aliphatic heterocycles. The van der Waals surface area contributed by atoms with E-state index in [1.807, 2.05) is 11.9 Å². The molecule has 6 nitrogen and oxygen atoms in total. The van der Waals surface area contributed by atoms with Gasteiger partial charge in [-0.1, -0.05) is 19.1 Å². The van der Waals surface area contributed by atoms with Crippen molar-refractivity contribution >= 4 is 29.9 Å². The summed E-state index contributed by atoms with van der Waals surface area (Å²) in [4.78, 5) is 11.4. The zero-order chi connectivity index (χ0) is 21.1. The van der Waals surface area contributed by atoms with E-state index in [1.54, 1.807) is 31.3 Å². The van der Waals surface area contributed by atoms with E-state index in [0.717, 1.165) is 37.6 Å². The molecule has 0 spiro atoms. The predicted octanol–water partition coefficient (Wildman–Crippen LogP) is 3.33. The van der Waals surface area contributed by atoms with E-state index in [9.17, 15) is 8.78 Å². The molecular weight excluding hydrogens is 503 g/mol. The van der Waals surface area contributed by atoms with Crippen LogP contribution in [0.3, 0.4) is 0 Å². The molecule has 0 radical (unpaired) electrons. The standard InChI is InChI=1S/C21H35F2N5O.HI/c1-4-27-13-15-28(16-14-27)12-6-5-11-25-21(24-2)26(3)17-18-7-9-19(10-8-18)29-20(22)23;/h7-10,20H,4-6,11-17H2,1-3H3,(H,24,25);1H. The van der Waals surface area contributed by atoms with Gasteiger partial charge < -0.3 is 24.8 Å². The quantitative estimate of drug-likeness (QED) is 0.214. The molecule has 0 atom stereocenters. The second-order valence-electron chi connectivity index (χ2n) is 7.34. The van der Waals surface area contributed by atoms with Crippen molar-refractivity contribution in [1.29, 1.82) is 0 Å². The highest BCUT2D eigenvalue weighted by Crippen LogP contribution is 2.15. The van der Waals surface area contributed by atoms with Crippen molar-refractivity contribution in [2.45, 2.75) is 32.9 Å². The SMILES string of the molecule is CCN1CCN(CCCCNC(=NC)N(C)Cc2ccc(OC(F)F)cc2)CC1.I. The molecule has 0 aromatic heterocycles. The van der Waals surface area contributed by atoms with Crippen LogP contribution in [0, 0.1) is 0 Å². The van der Waals surface area contributed by atoms with E-state index in [-0.39, 0.29) is 29.7 Å². The minimum Gasteiger partial charge on any atom is -0.435 e. The number of nitrogens with one attached hydrogen (secondary N) is 1. The molecule has 1 saturated heterocycles. The summed E-state index contributed by atoms with van der Waals surface area (Å²) in [5.74, 6) is 1.000. The number of rotatable bonds is 10. The minimum absolute atomic E-state index is 0. The summed E-state index contributed by atoms with van der Waals surface area (Å²) in [5, 5.41) is 3.41. The Morgan fingerprint density at radius 1 is 1.13 bits per heavy atom. The van der Waals surface area contributed by atoms with Crippen LogP contribution in [-0.4, -0.2) is 87.2 Å². The van der Waals surface area contributed by atoms with Crippen molar-refractivity contribution in [3.05, 3.63) is 29.8 Å². The first kappa shape index (κ1) is 26.8. The third-order valence-electron chi connectivity index (χ3n) is 5.24. The fourth-order valence-corrected chi connectivity index (χ4v) is 3.50. The molecule has 30 heavy (non-hydrogen) atoms. The predicted molar refractivity (Wildman–Crippen MR) is 129 cm³/mol. The summed E-state index contributed by atoms with van der Waals surface area (Å²) in [6.07, 6.45) is 2.27. The normalized spacial score (nSPS) is 15.7. The Hall–Kier alpha value is -1.20. The van der Waals surface area contributed by atoms with Gasteiger partial charge >= 0.3 is 6.61 Å². The number of alkyl halides is 2. The Morgan fingerprint density at radius 2 is 1.77 bits per heavy atom. The first-order valence-electron chi connectivity index (χ1n) is 10.4. The molecule has 1 N–H and O–H groups in total. The first-order chi connectivity index (χ1) is 14.0. The van der Waals surface area contributed by atoms with Crippen LogP contribution in [0.25, 0.3) is 0 Å². The number of halogens is 3. The molecule has 1 heterocycles. The summed E-state index contributed by atoms with van der Waals surface area (Å²) >= 11 is 0.